The summed E-state index contributed by atoms with van der Waals surface area (Å²) in [6.07, 6.45) is 0.126. The van der Waals surface area contributed by atoms with E-state index in [1.165, 1.54) is 30.3 Å². The number of hydrogen-bond acceptors (Lipinski definition) is 0. The number of hydrogen-bond donors (Lipinski definition) is 0. The molecule has 0 fully saturated rings. The Labute approximate surface area is 118 Å². The molecular formula is C15H12BrF3. The molecule has 19 heavy (non-hydrogen) atoms. The van der Waals surface area contributed by atoms with Crippen LogP contribution in [0.25, 0.3) is 0 Å². The van der Waals surface area contributed by atoms with Crippen molar-refractivity contribution in [3.63, 3.8) is 0 Å². The molecule has 1 unspecified atom stereocenters. The highest BCUT2D eigenvalue weighted by molar-refractivity contribution is 9.09. The van der Waals surface area contributed by atoms with Crippen molar-refractivity contribution in [3.05, 3.63) is 70.5 Å². The zero-order chi connectivity index (χ0) is 14.0. The molecule has 0 nitrogen and oxygen atoms in total. The normalized spacial score (nSPS) is 12.5. The maximum atomic E-state index is 13.6. The van der Waals surface area contributed by atoms with E-state index in [0.717, 1.165) is 5.56 Å². The first-order chi connectivity index (χ1) is 8.97. The van der Waals surface area contributed by atoms with Crippen LogP contribution < -0.4 is 0 Å². The predicted octanol–water partition coefficient (Wildman–Crippen LogP) is 5.09. The van der Waals surface area contributed by atoms with Gasteiger partial charge in [0.2, 0.25) is 0 Å². The molecule has 0 spiro atoms. The second-order valence-corrected chi connectivity index (χ2v) is 5.54. The Kier molecular flexibility index (Phi) is 4.30. The van der Waals surface area contributed by atoms with E-state index in [9.17, 15) is 13.2 Å². The second kappa shape index (κ2) is 5.78. The Bertz CT molecular complexity index is 555. The lowest BCUT2D eigenvalue weighted by molar-refractivity contribution is 0.554. The lowest BCUT2D eigenvalue weighted by Crippen LogP contribution is -2.02. The zero-order valence-corrected chi connectivity index (χ0v) is 11.8. The van der Waals surface area contributed by atoms with E-state index in [1.54, 1.807) is 13.0 Å². The van der Waals surface area contributed by atoms with E-state index in [4.69, 9.17) is 0 Å². The molecular weight excluding hydrogens is 317 g/mol. The lowest BCUT2D eigenvalue weighted by atomic mass is 10.0. The van der Waals surface area contributed by atoms with Crippen LogP contribution in [0.4, 0.5) is 13.2 Å². The molecule has 0 amide bonds. The summed E-state index contributed by atoms with van der Waals surface area (Å²) in [5.74, 6) is -1.52. The number of benzene rings is 2. The maximum Gasteiger partial charge on any atom is 0.129 e. The summed E-state index contributed by atoms with van der Waals surface area (Å²) >= 11 is 3.36. The van der Waals surface area contributed by atoms with Crippen molar-refractivity contribution in [2.24, 2.45) is 0 Å². The highest BCUT2D eigenvalue weighted by atomic mass is 79.9. The van der Waals surface area contributed by atoms with Crippen LogP contribution >= 0.6 is 15.9 Å². The number of alkyl halides is 1. The highest BCUT2D eigenvalue weighted by Crippen LogP contribution is 2.30. The van der Waals surface area contributed by atoms with Crippen LogP contribution in [0.5, 0.6) is 0 Å². The monoisotopic (exact) mass is 328 g/mol. The minimum atomic E-state index is -0.586. The Morgan fingerprint density at radius 3 is 2.26 bits per heavy atom. The fourth-order valence-electron chi connectivity index (χ4n) is 1.97. The summed E-state index contributed by atoms with van der Waals surface area (Å²) in [6, 6.07) is 8.33. The Morgan fingerprint density at radius 2 is 1.68 bits per heavy atom. The van der Waals surface area contributed by atoms with Gasteiger partial charge in [0.05, 0.1) is 0 Å². The van der Waals surface area contributed by atoms with Gasteiger partial charge in [0.15, 0.2) is 0 Å². The molecule has 2 rings (SSSR count). The van der Waals surface area contributed by atoms with E-state index >= 15 is 0 Å². The molecule has 0 radical (unpaired) electrons. The van der Waals surface area contributed by atoms with Crippen molar-refractivity contribution in [2.75, 3.05) is 0 Å². The van der Waals surface area contributed by atoms with Gasteiger partial charge in [-0.15, -0.1) is 0 Å². The fraction of sp³-hybridized carbons (Fsp3) is 0.200. The fourth-order valence-corrected chi connectivity index (χ4v) is 2.56. The van der Waals surface area contributed by atoms with Crippen LogP contribution in [0.1, 0.15) is 21.5 Å². The van der Waals surface area contributed by atoms with Crippen LogP contribution in [0, 0.1) is 24.4 Å². The number of rotatable bonds is 3. The molecule has 2 aromatic carbocycles. The Morgan fingerprint density at radius 1 is 1.05 bits per heavy atom. The van der Waals surface area contributed by atoms with Crippen molar-refractivity contribution < 1.29 is 13.2 Å². The van der Waals surface area contributed by atoms with Gasteiger partial charge in [0, 0.05) is 10.4 Å². The maximum absolute atomic E-state index is 13.6. The van der Waals surface area contributed by atoms with Crippen LogP contribution in [-0.2, 0) is 6.42 Å². The van der Waals surface area contributed by atoms with Crippen molar-refractivity contribution in [1.82, 2.24) is 0 Å². The third kappa shape index (κ3) is 3.38. The van der Waals surface area contributed by atoms with Gasteiger partial charge in [-0.25, -0.2) is 13.2 Å². The summed E-state index contributed by atoms with van der Waals surface area (Å²) in [4.78, 5) is -0.340. The molecule has 0 saturated carbocycles. The topological polar surface area (TPSA) is 0 Å². The first-order valence-electron chi connectivity index (χ1n) is 5.81. The highest BCUT2D eigenvalue weighted by Gasteiger charge is 2.16. The van der Waals surface area contributed by atoms with E-state index in [-0.39, 0.29) is 22.6 Å². The molecule has 0 heterocycles. The molecule has 0 aromatic heterocycles. The first kappa shape index (κ1) is 14.1. The molecule has 100 valence electrons. The third-order valence-corrected chi connectivity index (χ3v) is 3.72. The summed E-state index contributed by atoms with van der Waals surface area (Å²) < 4.78 is 40.4. The molecule has 0 aliphatic rings. The van der Waals surface area contributed by atoms with Gasteiger partial charge in [0.25, 0.3) is 0 Å². The largest absolute Gasteiger partial charge is 0.207 e. The summed E-state index contributed by atoms with van der Waals surface area (Å²) in [5, 5.41) is 0. The van der Waals surface area contributed by atoms with Crippen molar-refractivity contribution >= 4 is 15.9 Å². The minimum Gasteiger partial charge on any atom is -0.207 e. The van der Waals surface area contributed by atoms with Gasteiger partial charge in [-0.3, -0.25) is 0 Å². The number of aryl methyl sites for hydroxylation is 1. The summed E-state index contributed by atoms with van der Waals surface area (Å²) in [5.41, 5.74) is 1.44. The Balaban J connectivity index is 2.28. The minimum absolute atomic E-state index is 0.00582. The molecule has 4 heteroatoms. The van der Waals surface area contributed by atoms with Gasteiger partial charge >= 0.3 is 0 Å². The van der Waals surface area contributed by atoms with Gasteiger partial charge in [-0.05, 0) is 48.7 Å². The lowest BCUT2D eigenvalue weighted by Gasteiger charge is -2.12. The smallest absolute Gasteiger partial charge is 0.129 e. The third-order valence-electron chi connectivity index (χ3n) is 2.87. The first-order valence-corrected chi connectivity index (χ1v) is 6.73. The van der Waals surface area contributed by atoms with Crippen molar-refractivity contribution in [1.29, 1.82) is 0 Å². The average Bonchev–Trinajstić information content (AvgIpc) is 2.32. The van der Waals surface area contributed by atoms with Gasteiger partial charge in [-0.2, -0.15) is 0 Å². The van der Waals surface area contributed by atoms with Crippen molar-refractivity contribution in [3.8, 4) is 0 Å². The van der Waals surface area contributed by atoms with Gasteiger partial charge in [0.1, 0.15) is 17.5 Å². The number of halogens is 4. The average molecular weight is 329 g/mol. The van der Waals surface area contributed by atoms with Crippen LogP contribution in [0.15, 0.2) is 36.4 Å². The van der Waals surface area contributed by atoms with E-state index in [0.29, 0.717) is 5.56 Å². The predicted molar refractivity (Wildman–Crippen MR) is 72.9 cm³/mol. The van der Waals surface area contributed by atoms with E-state index in [2.05, 4.69) is 15.9 Å². The van der Waals surface area contributed by atoms with E-state index in [1.807, 2.05) is 0 Å². The van der Waals surface area contributed by atoms with Crippen LogP contribution in [0.2, 0.25) is 0 Å². The SMILES string of the molecule is Cc1cc(F)cc(C(Br)Cc2c(F)cccc2F)c1. The summed E-state index contributed by atoms with van der Waals surface area (Å²) in [7, 11) is 0. The quantitative estimate of drug-likeness (QED) is 0.688. The summed E-state index contributed by atoms with van der Waals surface area (Å²) in [6.45, 7) is 1.77. The van der Waals surface area contributed by atoms with Gasteiger partial charge in [-0.1, -0.05) is 28.1 Å². The van der Waals surface area contributed by atoms with Crippen molar-refractivity contribution in [2.45, 2.75) is 18.2 Å². The Hall–Kier alpha value is -1.29. The molecule has 0 bridgehead atoms. The van der Waals surface area contributed by atoms with E-state index < -0.39 is 11.6 Å². The van der Waals surface area contributed by atoms with Gasteiger partial charge < -0.3 is 0 Å². The molecule has 0 N–H and O–H groups in total. The standard InChI is InChI=1S/C15H12BrF3/c1-9-5-10(7-11(17)6-9)13(16)8-12-14(18)3-2-4-15(12)19/h2-7,13H,8H2,1H3. The molecule has 2 aromatic rings. The van der Waals surface area contributed by atoms with Crippen LogP contribution in [-0.4, -0.2) is 0 Å². The molecule has 0 aliphatic carbocycles. The molecule has 1 atom stereocenters. The zero-order valence-electron chi connectivity index (χ0n) is 10.3. The van der Waals surface area contributed by atoms with Crippen LogP contribution in [0.3, 0.4) is 0 Å². The molecule has 0 saturated heterocycles. The molecule has 0 aliphatic heterocycles. The second-order valence-electron chi connectivity index (χ2n) is 4.43.